The van der Waals surface area contributed by atoms with Crippen LogP contribution in [0, 0.1) is 0 Å². The summed E-state index contributed by atoms with van der Waals surface area (Å²) in [5.41, 5.74) is 6.56. The summed E-state index contributed by atoms with van der Waals surface area (Å²) >= 11 is 0. The number of rotatable bonds is 6. The molecule has 0 aromatic heterocycles. The zero-order valence-corrected chi connectivity index (χ0v) is 11.1. The van der Waals surface area contributed by atoms with Gasteiger partial charge in [-0.05, 0) is 24.1 Å². The summed E-state index contributed by atoms with van der Waals surface area (Å²) in [4.78, 5) is 34.3. The van der Waals surface area contributed by atoms with E-state index < -0.39 is 31.0 Å². The molecular weight excluding hydrogens is 262 g/mol. The highest BCUT2D eigenvalue weighted by molar-refractivity contribution is 5.94. The fourth-order valence-electron chi connectivity index (χ4n) is 1.62. The second kappa shape index (κ2) is 7.13. The molecule has 7 heteroatoms. The number of carboxylic acids is 1. The van der Waals surface area contributed by atoms with E-state index in [1.807, 2.05) is 13.0 Å². The topological polar surface area (TPSA) is 113 Å². The van der Waals surface area contributed by atoms with Gasteiger partial charge < -0.3 is 21.1 Å². The van der Waals surface area contributed by atoms with Crippen LogP contribution in [0.1, 0.15) is 12.5 Å². The van der Waals surface area contributed by atoms with Gasteiger partial charge in [-0.15, -0.1) is 0 Å². The molecule has 1 rings (SSSR count). The lowest BCUT2D eigenvalue weighted by Crippen LogP contribution is -2.43. The Kier molecular flexibility index (Phi) is 5.52. The molecule has 20 heavy (non-hydrogen) atoms. The van der Waals surface area contributed by atoms with E-state index in [1.165, 1.54) is 0 Å². The third-order valence-electron chi connectivity index (χ3n) is 2.55. The molecule has 0 aliphatic carbocycles. The van der Waals surface area contributed by atoms with Crippen LogP contribution in [-0.4, -0.2) is 41.0 Å². The van der Waals surface area contributed by atoms with Crippen LogP contribution in [0.2, 0.25) is 0 Å². The number of nitrogens with one attached hydrogen (secondary N) is 1. The number of hydrogen-bond acceptors (Lipinski definition) is 3. The largest absolute Gasteiger partial charge is 0.480 e. The predicted octanol–water partition coefficient (Wildman–Crippen LogP) is 0.653. The fraction of sp³-hybridized carbons (Fsp3) is 0.308. The number of benzene rings is 1. The van der Waals surface area contributed by atoms with Crippen LogP contribution in [0.4, 0.5) is 10.5 Å². The van der Waals surface area contributed by atoms with E-state index in [-0.39, 0.29) is 0 Å². The number of nitrogens with zero attached hydrogens (tertiary/aromatic N) is 1. The quantitative estimate of drug-likeness (QED) is 0.709. The molecule has 0 saturated carbocycles. The first kappa shape index (κ1) is 15.5. The molecule has 0 aliphatic rings. The van der Waals surface area contributed by atoms with Crippen molar-refractivity contribution in [3.8, 4) is 0 Å². The number of carbonyl (C=O) groups is 3. The standard InChI is InChI=1S/C13H17N3O4/c1-2-9-4-3-5-10(6-9)15-13(20)16(7-11(14)17)8-12(18)19/h3-6H,2,7-8H2,1H3,(H2,14,17)(H,15,20)(H,18,19). The zero-order valence-electron chi connectivity index (χ0n) is 11.1. The Morgan fingerprint density at radius 2 is 2.00 bits per heavy atom. The van der Waals surface area contributed by atoms with Crippen LogP contribution in [0.5, 0.6) is 0 Å². The Balaban J connectivity index is 2.78. The molecule has 4 N–H and O–H groups in total. The van der Waals surface area contributed by atoms with Gasteiger partial charge in [-0.1, -0.05) is 19.1 Å². The Morgan fingerprint density at radius 1 is 1.30 bits per heavy atom. The van der Waals surface area contributed by atoms with Gasteiger partial charge in [0.05, 0.1) is 0 Å². The third kappa shape index (κ3) is 4.97. The Bertz CT molecular complexity index is 500. The lowest BCUT2D eigenvalue weighted by atomic mass is 10.1. The maximum Gasteiger partial charge on any atom is 0.323 e. The first-order chi connectivity index (χ1) is 9.42. The molecule has 0 unspecified atom stereocenters. The van der Waals surface area contributed by atoms with Crippen molar-refractivity contribution in [1.29, 1.82) is 0 Å². The molecule has 0 bridgehead atoms. The van der Waals surface area contributed by atoms with Gasteiger partial charge in [0.15, 0.2) is 0 Å². The highest BCUT2D eigenvalue weighted by Crippen LogP contribution is 2.11. The van der Waals surface area contributed by atoms with E-state index in [4.69, 9.17) is 10.8 Å². The van der Waals surface area contributed by atoms with Crippen molar-refractivity contribution < 1.29 is 19.5 Å². The molecule has 7 nitrogen and oxygen atoms in total. The lowest BCUT2D eigenvalue weighted by molar-refractivity contribution is -0.137. The van der Waals surface area contributed by atoms with Crippen molar-refractivity contribution in [1.82, 2.24) is 4.90 Å². The lowest BCUT2D eigenvalue weighted by Gasteiger charge is -2.19. The number of urea groups is 1. The summed E-state index contributed by atoms with van der Waals surface area (Å²) in [6.07, 6.45) is 0.809. The van der Waals surface area contributed by atoms with E-state index in [2.05, 4.69) is 5.32 Å². The number of carbonyl (C=O) groups excluding carboxylic acids is 2. The number of primary amides is 1. The highest BCUT2D eigenvalue weighted by Gasteiger charge is 2.18. The Morgan fingerprint density at radius 3 is 2.55 bits per heavy atom. The van der Waals surface area contributed by atoms with E-state index in [0.717, 1.165) is 16.9 Å². The maximum atomic E-state index is 11.9. The Hall–Kier alpha value is -2.57. The second-order valence-corrected chi connectivity index (χ2v) is 4.20. The molecule has 1 aromatic rings. The summed E-state index contributed by atoms with van der Waals surface area (Å²) in [7, 11) is 0. The number of nitrogens with two attached hydrogens (primary N) is 1. The molecule has 0 fully saturated rings. The van der Waals surface area contributed by atoms with Crippen molar-refractivity contribution in [3.05, 3.63) is 29.8 Å². The van der Waals surface area contributed by atoms with Gasteiger partial charge in [-0.2, -0.15) is 0 Å². The molecule has 0 heterocycles. The van der Waals surface area contributed by atoms with Crippen LogP contribution in [-0.2, 0) is 16.0 Å². The zero-order chi connectivity index (χ0) is 15.1. The summed E-state index contributed by atoms with van der Waals surface area (Å²) in [5.74, 6) is -1.99. The first-order valence-electron chi connectivity index (χ1n) is 6.07. The fourth-order valence-corrected chi connectivity index (χ4v) is 1.62. The number of aliphatic carboxylic acids is 1. The van der Waals surface area contributed by atoms with Crippen molar-refractivity contribution >= 4 is 23.6 Å². The van der Waals surface area contributed by atoms with Crippen LogP contribution in [0.25, 0.3) is 0 Å². The highest BCUT2D eigenvalue weighted by atomic mass is 16.4. The van der Waals surface area contributed by atoms with Gasteiger partial charge in [-0.3, -0.25) is 9.59 Å². The summed E-state index contributed by atoms with van der Waals surface area (Å²) < 4.78 is 0. The molecule has 3 amide bonds. The average molecular weight is 279 g/mol. The van der Waals surface area contributed by atoms with Crippen LogP contribution in [0.3, 0.4) is 0 Å². The van der Waals surface area contributed by atoms with E-state index in [9.17, 15) is 14.4 Å². The summed E-state index contributed by atoms with van der Waals surface area (Å²) in [6.45, 7) is 0.929. The molecule has 1 aromatic carbocycles. The van der Waals surface area contributed by atoms with Gasteiger partial charge in [0.1, 0.15) is 13.1 Å². The van der Waals surface area contributed by atoms with Gasteiger partial charge in [0.25, 0.3) is 0 Å². The monoisotopic (exact) mass is 279 g/mol. The van der Waals surface area contributed by atoms with Crippen molar-refractivity contribution in [2.45, 2.75) is 13.3 Å². The van der Waals surface area contributed by atoms with Crippen molar-refractivity contribution in [3.63, 3.8) is 0 Å². The van der Waals surface area contributed by atoms with Gasteiger partial charge in [-0.25, -0.2) is 4.79 Å². The van der Waals surface area contributed by atoms with Gasteiger partial charge in [0.2, 0.25) is 5.91 Å². The molecule has 0 aliphatic heterocycles. The van der Waals surface area contributed by atoms with Crippen molar-refractivity contribution in [2.24, 2.45) is 5.73 Å². The van der Waals surface area contributed by atoms with E-state index in [0.29, 0.717) is 5.69 Å². The predicted molar refractivity (Wildman–Crippen MR) is 73.2 cm³/mol. The summed E-state index contributed by atoms with van der Waals surface area (Å²) in [5, 5.41) is 11.3. The van der Waals surface area contributed by atoms with Crippen LogP contribution < -0.4 is 11.1 Å². The number of hydrogen-bond donors (Lipinski definition) is 3. The Labute approximate surface area is 116 Å². The van der Waals surface area contributed by atoms with Gasteiger partial charge in [0, 0.05) is 5.69 Å². The third-order valence-corrected chi connectivity index (χ3v) is 2.55. The minimum Gasteiger partial charge on any atom is -0.480 e. The minimum absolute atomic E-state index is 0.453. The number of amides is 3. The second-order valence-electron chi connectivity index (χ2n) is 4.20. The van der Waals surface area contributed by atoms with Crippen LogP contribution in [0.15, 0.2) is 24.3 Å². The molecule has 0 atom stereocenters. The van der Waals surface area contributed by atoms with Crippen LogP contribution >= 0.6 is 0 Å². The molecule has 0 radical (unpaired) electrons. The first-order valence-corrected chi connectivity index (χ1v) is 6.07. The number of anilines is 1. The summed E-state index contributed by atoms with van der Waals surface area (Å²) in [6, 6.07) is 6.47. The van der Waals surface area contributed by atoms with Crippen molar-refractivity contribution in [2.75, 3.05) is 18.4 Å². The number of aryl methyl sites for hydroxylation is 1. The molecule has 0 saturated heterocycles. The molecule has 108 valence electrons. The van der Waals surface area contributed by atoms with E-state index >= 15 is 0 Å². The minimum atomic E-state index is -1.22. The SMILES string of the molecule is CCc1cccc(NC(=O)N(CC(N)=O)CC(=O)O)c1. The molecular formula is C13H17N3O4. The maximum absolute atomic E-state index is 11.9. The average Bonchev–Trinajstić information content (AvgIpc) is 2.37. The molecule has 0 spiro atoms. The van der Waals surface area contributed by atoms with Gasteiger partial charge >= 0.3 is 12.0 Å². The van der Waals surface area contributed by atoms with E-state index in [1.54, 1.807) is 18.2 Å². The smallest absolute Gasteiger partial charge is 0.323 e. The normalized spacial score (nSPS) is 9.85. The number of carboxylic acid groups (broad SMARTS) is 1.